The molecule has 2 bridgehead atoms. The molecule has 0 amide bonds. The van der Waals surface area contributed by atoms with Crippen molar-refractivity contribution in [3.63, 3.8) is 0 Å². The predicted molar refractivity (Wildman–Crippen MR) is 79.5 cm³/mol. The molecule has 1 aromatic rings. The Hall–Kier alpha value is -1.01. The van der Waals surface area contributed by atoms with Crippen LogP contribution in [0.5, 0.6) is 0 Å². The second-order valence-electron chi connectivity index (χ2n) is 6.40. The van der Waals surface area contributed by atoms with E-state index in [1.807, 2.05) is 4.68 Å². The first-order valence-electron chi connectivity index (χ1n) is 7.78. The fourth-order valence-electron chi connectivity index (χ4n) is 4.32. The van der Waals surface area contributed by atoms with Crippen molar-refractivity contribution in [2.75, 3.05) is 0 Å². The molecule has 0 N–H and O–H groups in total. The minimum absolute atomic E-state index is 0.190. The van der Waals surface area contributed by atoms with Crippen molar-refractivity contribution < 1.29 is 0 Å². The van der Waals surface area contributed by atoms with Crippen LogP contribution >= 0.6 is 11.6 Å². The molecule has 3 unspecified atom stereocenters. The summed E-state index contributed by atoms with van der Waals surface area (Å²) in [6.07, 6.45) is 6.47. The van der Waals surface area contributed by atoms with Gasteiger partial charge in [-0.3, -0.25) is 4.68 Å². The fraction of sp³-hybridized carbons (Fsp3) is 0.750. The third-order valence-electron chi connectivity index (χ3n) is 5.38. The maximum absolute atomic E-state index is 9.80. The Morgan fingerprint density at radius 1 is 1.45 bits per heavy atom. The molecule has 3 rings (SSSR count). The molecule has 0 aromatic carbocycles. The van der Waals surface area contributed by atoms with Gasteiger partial charge < -0.3 is 0 Å². The van der Waals surface area contributed by atoms with Crippen molar-refractivity contribution in [2.24, 2.45) is 17.3 Å². The molecule has 3 atom stereocenters. The Bertz CT molecular complexity index is 557. The number of aromatic nitrogens is 2. The average molecular weight is 292 g/mol. The summed E-state index contributed by atoms with van der Waals surface area (Å²) in [6.45, 7) is 4.99. The van der Waals surface area contributed by atoms with E-state index >= 15 is 0 Å². The number of fused-ring (bicyclic) bond motifs is 2. The van der Waals surface area contributed by atoms with E-state index in [1.54, 1.807) is 0 Å². The normalized spacial score (nSPS) is 31.7. The molecule has 2 saturated carbocycles. The largest absolute Gasteiger partial charge is 0.268 e. The number of rotatable bonds is 4. The standard InChI is InChI=1S/C16H22ClN3/c1-3-13-15(17)14(20(4-2)19-13)9-16(10-18)8-11-5-6-12(16)7-11/h11-12H,3-9H2,1-2H3. The number of halogens is 1. The maximum atomic E-state index is 9.80. The van der Waals surface area contributed by atoms with Gasteiger partial charge in [-0.2, -0.15) is 10.4 Å². The second-order valence-corrected chi connectivity index (χ2v) is 6.78. The molecule has 0 saturated heterocycles. The zero-order valence-electron chi connectivity index (χ0n) is 12.3. The SMILES string of the molecule is CCc1nn(CC)c(CC2(C#N)CC3CCC2C3)c1Cl. The van der Waals surface area contributed by atoms with Crippen LogP contribution in [0.2, 0.25) is 5.02 Å². The predicted octanol–water partition coefficient (Wildman–Crippen LogP) is 3.99. The van der Waals surface area contributed by atoms with Gasteiger partial charge in [0.25, 0.3) is 0 Å². The molecular weight excluding hydrogens is 270 g/mol. The van der Waals surface area contributed by atoms with Crippen LogP contribution in [0.3, 0.4) is 0 Å². The molecule has 0 radical (unpaired) electrons. The van der Waals surface area contributed by atoms with Crippen molar-refractivity contribution in [3.8, 4) is 6.07 Å². The van der Waals surface area contributed by atoms with Crippen LogP contribution in [-0.4, -0.2) is 9.78 Å². The molecule has 3 nitrogen and oxygen atoms in total. The lowest BCUT2D eigenvalue weighted by Crippen LogP contribution is -2.29. The molecule has 0 spiro atoms. The lowest BCUT2D eigenvalue weighted by atomic mass is 9.71. The van der Waals surface area contributed by atoms with Crippen LogP contribution in [0.15, 0.2) is 0 Å². The lowest BCUT2D eigenvalue weighted by molar-refractivity contribution is 0.234. The van der Waals surface area contributed by atoms with E-state index < -0.39 is 0 Å². The Labute approximate surface area is 125 Å². The number of aryl methyl sites for hydroxylation is 2. The third-order valence-corrected chi connectivity index (χ3v) is 5.81. The van der Waals surface area contributed by atoms with Crippen molar-refractivity contribution in [1.82, 2.24) is 9.78 Å². The number of hydrogen-bond donors (Lipinski definition) is 0. The summed E-state index contributed by atoms with van der Waals surface area (Å²) in [5, 5.41) is 15.2. The lowest BCUT2D eigenvalue weighted by Gasteiger charge is -2.31. The highest BCUT2D eigenvalue weighted by atomic mass is 35.5. The minimum Gasteiger partial charge on any atom is -0.268 e. The van der Waals surface area contributed by atoms with Gasteiger partial charge in [-0.05, 0) is 44.4 Å². The average Bonchev–Trinajstić information content (AvgIpc) is 3.14. The topological polar surface area (TPSA) is 41.6 Å². The maximum Gasteiger partial charge on any atom is 0.0850 e. The number of nitrogens with zero attached hydrogens (tertiary/aromatic N) is 3. The Kier molecular flexibility index (Phi) is 3.54. The van der Waals surface area contributed by atoms with Crippen LogP contribution < -0.4 is 0 Å². The molecule has 2 aliphatic rings. The summed E-state index contributed by atoms with van der Waals surface area (Å²) in [4.78, 5) is 0. The quantitative estimate of drug-likeness (QED) is 0.841. The van der Waals surface area contributed by atoms with Gasteiger partial charge in [0, 0.05) is 13.0 Å². The van der Waals surface area contributed by atoms with Crippen LogP contribution in [0.4, 0.5) is 0 Å². The molecule has 2 fully saturated rings. The van der Waals surface area contributed by atoms with E-state index in [1.165, 1.54) is 19.3 Å². The Morgan fingerprint density at radius 3 is 2.75 bits per heavy atom. The first-order chi connectivity index (χ1) is 9.63. The Morgan fingerprint density at radius 2 is 2.25 bits per heavy atom. The van der Waals surface area contributed by atoms with Gasteiger partial charge in [0.05, 0.1) is 27.9 Å². The first-order valence-corrected chi connectivity index (χ1v) is 8.16. The summed E-state index contributed by atoms with van der Waals surface area (Å²) in [5.74, 6) is 1.33. The smallest absolute Gasteiger partial charge is 0.0850 e. The Balaban J connectivity index is 1.95. The van der Waals surface area contributed by atoms with E-state index in [0.29, 0.717) is 5.92 Å². The molecule has 4 heteroatoms. The van der Waals surface area contributed by atoms with Gasteiger partial charge in [0.2, 0.25) is 0 Å². The zero-order valence-corrected chi connectivity index (χ0v) is 13.1. The second kappa shape index (κ2) is 5.07. The van der Waals surface area contributed by atoms with E-state index in [9.17, 15) is 5.26 Å². The van der Waals surface area contributed by atoms with E-state index in [2.05, 4.69) is 25.0 Å². The van der Waals surface area contributed by atoms with E-state index in [0.717, 1.165) is 48.1 Å². The first kappa shape index (κ1) is 13.9. The van der Waals surface area contributed by atoms with Crippen molar-refractivity contribution in [1.29, 1.82) is 5.26 Å². The number of nitriles is 1. The van der Waals surface area contributed by atoms with Crippen LogP contribution in [0.1, 0.15) is 50.9 Å². The molecule has 1 heterocycles. The highest BCUT2D eigenvalue weighted by Gasteiger charge is 2.52. The summed E-state index contributed by atoms with van der Waals surface area (Å²) >= 11 is 6.52. The van der Waals surface area contributed by atoms with Crippen molar-refractivity contribution in [2.45, 2.75) is 58.9 Å². The molecule has 1 aromatic heterocycles. The summed E-state index contributed by atoms with van der Waals surface area (Å²) in [5.41, 5.74) is 1.87. The molecule has 20 heavy (non-hydrogen) atoms. The van der Waals surface area contributed by atoms with Gasteiger partial charge in [-0.15, -0.1) is 0 Å². The van der Waals surface area contributed by atoms with Gasteiger partial charge >= 0.3 is 0 Å². The fourth-order valence-corrected chi connectivity index (χ4v) is 4.66. The van der Waals surface area contributed by atoms with Gasteiger partial charge in [0.15, 0.2) is 0 Å². The van der Waals surface area contributed by atoms with Crippen LogP contribution in [-0.2, 0) is 19.4 Å². The van der Waals surface area contributed by atoms with Crippen LogP contribution in [0.25, 0.3) is 0 Å². The monoisotopic (exact) mass is 291 g/mol. The summed E-state index contributed by atoms with van der Waals surface area (Å²) < 4.78 is 2.01. The third kappa shape index (κ3) is 1.97. The summed E-state index contributed by atoms with van der Waals surface area (Å²) in [7, 11) is 0. The van der Waals surface area contributed by atoms with Crippen molar-refractivity contribution in [3.05, 3.63) is 16.4 Å². The highest BCUT2D eigenvalue weighted by molar-refractivity contribution is 6.31. The van der Waals surface area contributed by atoms with Gasteiger partial charge in [-0.1, -0.05) is 24.9 Å². The zero-order chi connectivity index (χ0) is 14.3. The van der Waals surface area contributed by atoms with Gasteiger partial charge in [-0.25, -0.2) is 0 Å². The van der Waals surface area contributed by atoms with E-state index in [4.69, 9.17) is 11.6 Å². The van der Waals surface area contributed by atoms with Crippen molar-refractivity contribution >= 4 is 11.6 Å². The number of hydrogen-bond acceptors (Lipinski definition) is 2. The molecular formula is C16H22ClN3. The molecule has 0 aliphatic heterocycles. The molecule has 2 aliphatic carbocycles. The minimum atomic E-state index is -0.190. The van der Waals surface area contributed by atoms with Gasteiger partial charge in [0.1, 0.15) is 0 Å². The summed E-state index contributed by atoms with van der Waals surface area (Å²) in [6, 6.07) is 2.66. The highest BCUT2D eigenvalue weighted by Crippen LogP contribution is 2.57. The van der Waals surface area contributed by atoms with E-state index in [-0.39, 0.29) is 5.41 Å². The van der Waals surface area contributed by atoms with Crippen LogP contribution in [0, 0.1) is 28.6 Å². The molecule has 108 valence electrons.